The third-order valence-corrected chi connectivity index (χ3v) is 7.04. The second kappa shape index (κ2) is 12.5. The summed E-state index contributed by atoms with van der Waals surface area (Å²) in [6.07, 6.45) is 0.153. The van der Waals surface area contributed by atoms with Crippen molar-refractivity contribution in [2.45, 2.75) is 39.5 Å². The number of fused-ring (bicyclic) bond motifs is 1. The van der Waals surface area contributed by atoms with Crippen LogP contribution in [-0.2, 0) is 16.0 Å². The largest absolute Gasteiger partial charge is 0.495 e. The first-order chi connectivity index (χ1) is 19.2. The predicted octanol–water partition coefficient (Wildman–Crippen LogP) is 5.83. The first-order valence-corrected chi connectivity index (χ1v) is 13.3. The molecule has 0 aromatic heterocycles. The van der Waals surface area contributed by atoms with Crippen molar-refractivity contribution in [2.24, 2.45) is 5.92 Å². The van der Waals surface area contributed by atoms with Crippen molar-refractivity contribution in [1.82, 2.24) is 0 Å². The number of amides is 3. The van der Waals surface area contributed by atoms with Gasteiger partial charge in [-0.1, -0.05) is 44.2 Å². The average Bonchev–Trinajstić information content (AvgIpc) is 2.92. The van der Waals surface area contributed by atoms with Crippen molar-refractivity contribution in [1.29, 1.82) is 0 Å². The monoisotopic (exact) mass is 545 g/mol. The van der Waals surface area contributed by atoms with Gasteiger partial charge in [-0.15, -0.1) is 0 Å². The Morgan fingerprint density at radius 3 is 2.48 bits per heavy atom. The molecule has 0 fully saturated rings. The van der Waals surface area contributed by atoms with Gasteiger partial charge in [-0.3, -0.25) is 9.59 Å². The summed E-state index contributed by atoms with van der Waals surface area (Å²) in [6, 6.07) is 17.9. The van der Waals surface area contributed by atoms with E-state index in [-0.39, 0.29) is 30.6 Å². The minimum absolute atomic E-state index is 0.0271. The number of carboxylic acids is 1. The van der Waals surface area contributed by atoms with E-state index in [1.54, 1.807) is 23.1 Å². The zero-order chi connectivity index (χ0) is 28.8. The van der Waals surface area contributed by atoms with Gasteiger partial charge in [-0.05, 0) is 65.8 Å². The van der Waals surface area contributed by atoms with Crippen LogP contribution in [0.15, 0.2) is 60.7 Å². The molecular formula is C31H35N3O6. The number of carbonyl (C=O) groups excluding carboxylic acids is 2. The van der Waals surface area contributed by atoms with Crippen molar-refractivity contribution in [3.05, 3.63) is 77.4 Å². The van der Waals surface area contributed by atoms with Crippen LogP contribution in [0.3, 0.4) is 0 Å². The number of ether oxygens (including phenoxy) is 2. The Bertz CT molecular complexity index is 1400. The molecule has 40 heavy (non-hydrogen) atoms. The van der Waals surface area contributed by atoms with E-state index in [4.69, 9.17) is 9.47 Å². The fourth-order valence-corrected chi connectivity index (χ4v) is 4.86. The molecule has 0 unspecified atom stereocenters. The van der Waals surface area contributed by atoms with Crippen molar-refractivity contribution < 1.29 is 29.0 Å². The van der Waals surface area contributed by atoms with Gasteiger partial charge in [-0.25, -0.2) is 4.79 Å². The van der Waals surface area contributed by atoms with E-state index in [9.17, 15) is 19.5 Å². The highest BCUT2D eigenvalue weighted by Gasteiger charge is 2.27. The third-order valence-electron chi connectivity index (χ3n) is 7.04. The Labute approximate surface area is 234 Å². The molecule has 0 spiro atoms. The lowest BCUT2D eigenvalue weighted by atomic mass is 9.85. The maximum atomic E-state index is 13.4. The Hall–Kier alpha value is -4.53. The molecule has 3 aromatic rings. The number of hydrogen-bond donors (Lipinski definition) is 3. The van der Waals surface area contributed by atoms with Crippen LogP contribution in [0.25, 0.3) is 0 Å². The number of carbonyl (C=O) groups is 3. The topological polar surface area (TPSA) is 117 Å². The molecule has 9 nitrogen and oxygen atoms in total. The summed E-state index contributed by atoms with van der Waals surface area (Å²) in [5.74, 6) is 0.0358. The zero-order valence-electron chi connectivity index (χ0n) is 23.2. The molecule has 0 bridgehead atoms. The normalized spacial score (nSPS) is 13.2. The lowest BCUT2D eigenvalue weighted by molar-refractivity contribution is -0.137. The molecule has 3 N–H and O–H groups in total. The maximum Gasteiger partial charge on any atom is 0.323 e. The van der Waals surface area contributed by atoms with Gasteiger partial charge in [-0.2, -0.15) is 0 Å². The van der Waals surface area contributed by atoms with E-state index in [0.717, 1.165) is 16.7 Å². The van der Waals surface area contributed by atoms with Crippen molar-refractivity contribution in [3.63, 3.8) is 0 Å². The van der Waals surface area contributed by atoms with Gasteiger partial charge < -0.3 is 30.1 Å². The van der Waals surface area contributed by atoms with Crippen molar-refractivity contribution in [2.75, 3.05) is 35.8 Å². The SMILES string of the molecule is COc1cc(CC(=O)N2CCOc3cc([C@H](CC(=O)O)C(C)C)ccc32)ccc1NC(=O)Nc1ccccc1C. The lowest BCUT2D eigenvalue weighted by Gasteiger charge is -2.31. The minimum atomic E-state index is -0.849. The maximum absolute atomic E-state index is 13.4. The number of rotatable bonds is 9. The minimum Gasteiger partial charge on any atom is -0.495 e. The summed E-state index contributed by atoms with van der Waals surface area (Å²) < 4.78 is 11.4. The lowest BCUT2D eigenvalue weighted by Crippen LogP contribution is -2.39. The number of aryl methyl sites for hydroxylation is 1. The van der Waals surface area contributed by atoms with E-state index in [1.807, 2.05) is 63.2 Å². The summed E-state index contributed by atoms with van der Waals surface area (Å²) in [5, 5.41) is 15.0. The van der Waals surface area contributed by atoms with E-state index < -0.39 is 12.0 Å². The van der Waals surface area contributed by atoms with Gasteiger partial charge in [0.1, 0.15) is 18.1 Å². The molecule has 1 aliphatic heterocycles. The summed E-state index contributed by atoms with van der Waals surface area (Å²) in [4.78, 5) is 39.0. The fourth-order valence-electron chi connectivity index (χ4n) is 4.86. The number of carboxylic acid groups (broad SMARTS) is 1. The molecule has 3 amide bonds. The number of hydrogen-bond acceptors (Lipinski definition) is 5. The van der Waals surface area contributed by atoms with Gasteiger partial charge >= 0.3 is 12.0 Å². The van der Waals surface area contributed by atoms with Crippen LogP contribution in [0.1, 0.15) is 42.9 Å². The van der Waals surface area contributed by atoms with Gasteiger partial charge in [0, 0.05) is 5.69 Å². The molecule has 1 heterocycles. The van der Waals surface area contributed by atoms with Gasteiger partial charge in [0.25, 0.3) is 0 Å². The van der Waals surface area contributed by atoms with Crippen LogP contribution in [-0.4, -0.2) is 43.3 Å². The fraction of sp³-hybridized carbons (Fsp3) is 0.323. The standard InChI is InChI=1S/C31H35N3O6/c1-19(2)23(18-30(36)37)22-10-12-26-28(17-22)40-14-13-34(26)29(35)16-21-9-11-25(27(15-21)39-4)33-31(38)32-24-8-6-5-7-20(24)3/h5-12,15,17,19,23H,13-14,16,18H2,1-4H3,(H,36,37)(H2,32,33,38)/t23-/m1/s1. The van der Waals surface area contributed by atoms with Gasteiger partial charge in [0.2, 0.25) is 5.91 Å². The molecule has 9 heteroatoms. The molecule has 0 saturated carbocycles. The van der Waals surface area contributed by atoms with Crippen LogP contribution in [0.4, 0.5) is 21.9 Å². The van der Waals surface area contributed by atoms with Crippen LogP contribution in [0.2, 0.25) is 0 Å². The first-order valence-electron chi connectivity index (χ1n) is 13.3. The van der Waals surface area contributed by atoms with Gasteiger partial charge in [0.15, 0.2) is 0 Å². The van der Waals surface area contributed by atoms with E-state index in [1.165, 1.54) is 7.11 Å². The number of aliphatic carboxylic acids is 1. The van der Waals surface area contributed by atoms with E-state index >= 15 is 0 Å². The smallest absolute Gasteiger partial charge is 0.323 e. The van der Waals surface area contributed by atoms with Crippen LogP contribution in [0, 0.1) is 12.8 Å². The highest BCUT2D eigenvalue weighted by atomic mass is 16.5. The number of methoxy groups -OCH3 is 1. The van der Waals surface area contributed by atoms with E-state index in [0.29, 0.717) is 41.7 Å². The molecule has 1 aliphatic rings. The van der Waals surface area contributed by atoms with Crippen LogP contribution >= 0.6 is 0 Å². The van der Waals surface area contributed by atoms with Crippen LogP contribution < -0.4 is 25.0 Å². The molecule has 0 saturated heterocycles. The van der Waals surface area contributed by atoms with Gasteiger partial charge in [0.05, 0.1) is 37.9 Å². The molecule has 0 aliphatic carbocycles. The Balaban J connectivity index is 1.46. The molecule has 3 aromatic carbocycles. The van der Waals surface area contributed by atoms with E-state index in [2.05, 4.69) is 10.6 Å². The molecule has 1 atom stereocenters. The zero-order valence-corrected chi connectivity index (χ0v) is 23.2. The Morgan fingerprint density at radius 2 is 1.77 bits per heavy atom. The molecule has 4 rings (SSSR count). The predicted molar refractivity (Wildman–Crippen MR) is 155 cm³/mol. The summed E-state index contributed by atoms with van der Waals surface area (Å²) in [5.41, 5.74) is 4.41. The van der Waals surface area contributed by atoms with Crippen molar-refractivity contribution in [3.8, 4) is 11.5 Å². The summed E-state index contributed by atoms with van der Waals surface area (Å²) in [6.45, 7) is 6.65. The number of para-hydroxylation sites is 1. The molecular weight excluding hydrogens is 510 g/mol. The third kappa shape index (κ3) is 6.72. The number of anilines is 3. The van der Waals surface area contributed by atoms with Crippen molar-refractivity contribution >= 4 is 35.0 Å². The Kier molecular flexibility index (Phi) is 8.93. The number of urea groups is 1. The number of nitrogens with zero attached hydrogens (tertiary/aromatic N) is 1. The summed E-state index contributed by atoms with van der Waals surface area (Å²) in [7, 11) is 1.51. The summed E-state index contributed by atoms with van der Waals surface area (Å²) >= 11 is 0. The molecule has 0 radical (unpaired) electrons. The van der Waals surface area contributed by atoms with Crippen LogP contribution in [0.5, 0.6) is 11.5 Å². The number of nitrogens with one attached hydrogen (secondary N) is 2. The Morgan fingerprint density at radius 1 is 1.02 bits per heavy atom. The highest BCUT2D eigenvalue weighted by molar-refractivity contribution is 6.01. The highest BCUT2D eigenvalue weighted by Crippen LogP contribution is 2.38. The average molecular weight is 546 g/mol. The molecule has 210 valence electrons. The second-order valence-corrected chi connectivity index (χ2v) is 10.2. The quantitative estimate of drug-likeness (QED) is 0.311. The number of benzene rings is 3. The second-order valence-electron chi connectivity index (χ2n) is 10.2. The first kappa shape index (κ1) is 28.5.